The minimum atomic E-state index is 0.435. The molecule has 2 aromatic carbocycles. The summed E-state index contributed by atoms with van der Waals surface area (Å²) in [7, 11) is 0. The quantitative estimate of drug-likeness (QED) is 0.374. The van der Waals surface area contributed by atoms with E-state index in [0.717, 1.165) is 6.42 Å². The Balaban J connectivity index is 0. The Morgan fingerprint density at radius 2 is 1.48 bits per heavy atom. The van der Waals surface area contributed by atoms with Crippen LogP contribution in [0.4, 0.5) is 0 Å². The van der Waals surface area contributed by atoms with Gasteiger partial charge in [0.2, 0.25) is 0 Å². The van der Waals surface area contributed by atoms with Crippen LogP contribution in [0.2, 0.25) is 0 Å². The summed E-state index contributed by atoms with van der Waals surface area (Å²) in [5.74, 6) is 2.87. The molecule has 0 radical (unpaired) electrons. The van der Waals surface area contributed by atoms with Crippen LogP contribution in [-0.2, 0) is 6.42 Å². The first-order valence-electron chi connectivity index (χ1n) is 10.6. The van der Waals surface area contributed by atoms with E-state index in [9.17, 15) is 0 Å². The van der Waals surface area contributed by atoms with Crippen LogP contribution in [0.1, 0.15) is 91.7 Å². The molecule has 0 saturated carbocycles. The highest BCUT2D eigenvalue weighted by molar-refractivity contribution is 5.84. The normalized spacial score (nSPS) is 10.0. The zero-order valence-electron chi connectivity index (χ0n) is 19.2. The largest absolute Gasteiger partial charge is 0.120 e. The molecule has 0 N–H and O–H groups in total. The molecule has 0 heteroatoms. The topological polar surface area (TPSA) is 0 Å². The molecule has 0 nitrogen and oxygen atoms in total. The van der Waals surface area contributed by atoms with Crippen molar-refractivity contribution < 1.29 is 0 Å². The summed E-state index contributed by atoms with van der Waals surface area (Å²) < 4.78 is 0. The molecule has 1 unspecified atom stereocenters. The van der Waals surface area contributed by atoms with Crippen LogP contribution in [-0.4, -0.2) is 0 Å². The number of hydrogen-bond acceptors (Lipinski definition) is 0. The molecule has 0 heterocycles. The summed E-state index contributed by atoms with van der Waals surface area (Å²) >= 11 is 0. The van der Waals surface area contributed by atoms with Gasteiger partial charge in [0.25, 0.3) is 0 Å². The Hall–Kier alpha value is -2.00. The van der Waals surface area contributed by atoms with Gasteiger partial charge in [0.1, 0.15) is 0 Å². The molecule has 2 aromatic rings. The molecule has 150 valence electrons. The first-order valence-corrected chi connectivity index (χ1v) is 10.6. The smallest absolute Gasteiger partial charge is 0.00576 e. The molecule has 0 bridgehead atoms. The number of allylic oxidation sites excluding steroid dienone is 1. The van der Waals surface area contributed by atoms with Crippen molar-refractivity contribution in [2.24, 2.45) is 0 Å². The van der Waals surface area contributed by atoms with E-state index in [-0.39, 0.29) is 0 Å². The number of terminal acetylenes is 1. The maximum Gasteiger partial charge on any atom is 0.00576 e. The first kappa shape index (κ1) is 27.2. The molecule has 0 aromatic heterocycles. The molecule has 27 heavy (non-hydrogen) atoms. The second-order valence-corrected chi connectivity index (χ2v) is 6.52. The van der Waals surface area contributed by atoms with E-state index >= 15 is 0 Å². The van der Waals surface area contributed by atoms with E-state index < -0.39 is 0 Å². The highest BCUT2D eigenvalue weighted by Crippen LogP contribution is 2.26. The average Bonchev–Trinajstić information content (AvgIpc) is 2.69. The molecular weight excluding hydrogens is 324 g/mol. The number of rotatable bonds is 4. The Kier molecular flexibility index (Phi) is 17.6. The zero-order chi connectivity index (χ0) is 21.2. The minimum absolute atomic E-state index is 0.435. The van der Waals surface area contributed by atoms with E-state index in [4.69, 9.17) is 6.42 Å². The number of benzene rings is 2. The summed E-state index contributed by atoms with van der Waals surface area (Å²) in [5, 5.41) is 2.68. The Morgan fingerprint density at radius 1 is 1.00 bits per heavy atom. The van der Waals surface area contributed by atoms with Gasteiger partial charge in [-0.15, -0.1) is 12.3 Å². The summed E-state index contributed by atoms with van der Waals surface area (Å²) in [4.78, 5) is 0. The molecule has 0 aliphatic rings. The summed E-state index contributed by atoms with van der Waals surface area (Å²) in [6.07, 6.45) is 9.25. The van der Waals surface area contributed by atoms with Gasteiger partial charge in [-0.2, -0.15) is 0 Å². The minimum Gasteiger partial charge on any atom is -0.120 e. The van der Waals surface area contributed by atoms with Crippen LogP contribution in [0.3, 0.4) is 0 Å². The lowest BCUT2D eigenvalue weighted by Gasteiger charge is -2.13. The van der Waals surface area contributed by atoms with Crippen molar-refractivity contribution in [1.82, 2.24) is 0 Å². The van der Waals surface area contributed by atoms with Crippen molar-refractivity contribution in [1.29, 1.82) is 0 Å². The van der Waals surface area contributed by atoms with Crippen molar-refractivity contribution in [3.05, 3.63) is 59.7 Å². The van der Waals surface area contributed by atoms with Crippen LogP contribution >= 0.6 is 0 Å². The van der Waals surface area contributed by atoms with E-state index in [1.807, 2.05) is 20.8 Å². The van der Waals surface area contributed by atoms with Gasteiger partial charge in [-0.3, -0.25) is 0 Å². The third kappa shape index (κ3) is 11.3. The lowest BCUT2D eigenvalue weighted by Crippen LogP contribution is -1.94. The van der Waals surface area contributed by atoms with Gasteiger partial charge in [0, 0.05) is 12.3 Å². The van der Waals surface area contributed by atoms with Crippen molar-refractivity contribution in [2.45, 2.75) is 87.0 Å². The monoisotopic (exact) mass is 366 g/mol. The predicted octanol–water partition coefficient (Wildman–Crippen LogP) is 8.94. The highest BCUT2D eigenvalue weighted by atomic mass is 14.1. The number of aryl methyl sites for hydroxylation is 1. The van der Waals surface area contributed by atoms with E-state index in [2.05, 4.69) is 83.5 Å². The summed E-state index contributed by atoms with van der Waals surface area (Å²) in [6.45, 7) is 20.8. The molecule has 0 saturated heterocycles. The van der Waals surface area contributed by atoms with Gasteiger partial charge in [-0.05, 0) is 35.2 Å². The highest BCUT2D eigenvalue weighted by Gasteiger charge is 2.06. The van der Waals surface area contributed by atoms with E-state index in [1.54, 1.807) is 0 Å². The van der Waals surface area contributed by atoms with Crippen molar-refractivity contribution >= 4 is 10.8 Å². The molecule has 0 aliphatic carbocycles. The van der Waals surface area contributed by atoms with Gasteiger partial charge in [-0.1, -0.05) is 110 Å². The SMILES string of the molecule is C#CCC.C=C(C)C(C)c1ccc2cc(CCC)ccc2c1.CC.CCC. The van der Waals surface area contributed by atoms with Gasteiger partial charge < -0.3 is 0 Å². The second-order valence-electron chi connectivity index (χ2n) is 6.52. The standard InChI is InChI=1S/C18H22.C4H6.C3H8.C2H6/c1-5-6-15-7-8-18-12-16(14(4)13(2)3)9-10-17(18)11-15;1-3-4-2;1-3-2;1-2/h7-12,14H,2,5-6H2,1,3-4H3;1H,4H2,2H3;3H2,1-2H3;1-2H3. The van der Waals surface area contributed by atoms with E-state index in [1.165, 1.54) is 46.7 Å². The fourth-order valence-corrected chi connectivity index (χ4v) is 2.31. The summed E-state index contributed by atoms with van der Waals surface area (Å²) in [6, 6.07) is 13.6. The molecule has 1 atom stereocenters. The third-order valence-corrected chi connectivity index (χ3v) is 3.91. The molecule has 2 rings (SSSR count). The van der Waals surface area contributed by atoms with Gasteiger partial charge >= 0.3 is 0 Å². The second kappa shape index (κ2) is 17.4. The molecule has 0 amide bonds. The Morgan fingerprint density at radius 3 is 1.93 bits per heavy atom. The third-order valence-electron chi connectivity index (χ3n) is 3.91. The van der Waals surface area contributed by atoms with Crippen molar-refractivity contribution in [3.8, 4) is 12.3 Å². The van der Waals surface area contributed by atoms with Crippen LogP contribution in [0.25, 0.3) is 10.8 Å². The fourth-order valence-electron chi connectivity index (χ4n) is 2.31. The molecule has 0 spiro atoms. The molecule has 0 aliphatic heterocycles. The fraction of sp³-hybridized carbons (Fsp3) is 0.481. The molecule has 0 fully saturated rings. The van der Waals surface area contributed by atoms with Crippen LogP contribution < -0.4 is 0 Å². The van der Waals surface area contributed by atoms with Crippen molar-refractivity contribution in [3.63, 3.8) is 0 Å². The summed E-state index contributed by atoms with van der Waals surface area (Å²) in [5.41, 5.74) is 4.01. The predicted molar refractivity (Wildman–Crippen MR) is 128 cm³/mol. The van der Waals surface area contributed by atoms with Gasteiger partial charge in [0.15, 0.2) is 0 Å². The molecular formula is C27H42. The first-order chi connectivity index (χ1) is 12.9. The van der Waals surface area contributed by atoms with Gasteiger partial charge in [-0.25, -0.2) is 0 Å². The zero-order valence-corrected chi connectivity index (χ0v) is 19.2. The lowest BCUT2D eigenvalue weighted by atomic mass is 9.92. The van der Waals surface area contributed by atoms with Gasteiger partial charge in [0.05, 0.1) is 0 Å². The van der Waals surface area contributed by atoms with Crippen LogP contribution in [0, 0.1) is 12.3 Å². The number of fused-ring (bicyclic) bond motifs is 1. The van der Waals surface area contributed by atoms with Crippen LogP contribution in [0.5, 0.6) is 0 Å². The van der Waals surface area contributed by atoms with E-state index in [0.29, 0.717) is 5.92 Å². The Bertz CT molecular complexity index is 670. The van der Waals surface area contributed by atoms with Crippen molar-refractivity contribution in [2.75, 3.05) is 0 Å². The average molecular weight is 367 g/mol. The maximum atomic E-state index is 4.78. The number of hydrogen-bond donors (Lipinski definition) is 0. The van der Waals surface area contributed by atoms with Crippen LogP contribution in [0.15, 0.2) is 48.6 Å². The lowest BCUT2D eigenvalue weighted by molar-refractivity contribution is 0.901. The maximum absolute atomic E-state index is 4.78. The Labute approximate surface area is 170 Å².